The fourth-order valence-electron chi connectivity index (χ4n) is 1.01. The zero-order valence-corrected chi connectivity index (χ0v) is 8.01. The number of hydrogen-bond donors (Lipinski definition) is 0. The normalized spacial score (nSPS) is 15.6. The van der Waals surface area contributed by atoms with E-state index in [0.29, 0.717) is 6.42 Å². The quantitative estimate of drug-likeness (QED) is 0.676. The van der Waals surface area contributed by atoms with Crippen molar-refractivity contribution in [1.82, 2.24) is 4.98 Å². The Labute approximate surface area is 77.5 Å². The first-order valence-corrected chi connectivity index (χ1v) is 4.26. The Balaban J connectivity index is 2.95. The lowest BCUT2D eigenvalue weighted by atomic mass is 10.2. The van der Waals surface area contributed by atoms with Crippen LogP contribution in [0.3, 0.4) is 0 Å². The Kier molecular flexibility index (Phi) is 3.06. The molecule has 0 spiro atoms. The zero-order chi connectivity index (χ0) is 9.03. The van der Waals surface area contributed by atoms with Crippen LogP contribution in [0.25, 0.3) is 0 Å². The molecule has 0 fully saturated rings. The fourth-order valence-corrected chi connectivity index (χ4v) is 1.13. The van der Waals surface area contributed by atoms with Crippen LogP contribution in [0.1, 0.15) is 19.0 Å². The number of methoxy groups -OCH3 is 1. The fraction of sp³-hybridized carbons (Fsp3) is 0.444. The van der Waals surface area contributed by atoms with Gasteiger partial charge in [0.1, 0.15) is 0 Å². The summed E-state index contributed by atoms with van der Waals surface area (Å²) in [5, 5.41) is -0.763. The average Bonchev–Trinajstić information content (AvgIpc) is 2.18. The van der Waals surface area contributed by atoms with Gasteiger partial charge in [0.15, 0.2) is 5.06 Å². The lowest BCUT2D eigenvalue weighted by Gasteiger charge is -2.22. The molecule has 2 nitrogen and oxygen atoms in total. The second-order valence-corrected chi connectivity index (χ2v) is 3.11. The molecule has 0 amide bonds. The first-order valence-electron chi connectivity index (χ1n) is 3.88. The Hall–Kier alpha value is -0.600. The Morgan fingerprint density at radius 2 is 2.33 bits per heavy atom. The maximum atomic E-state index is 6.15. The first kappa shape index (κ1) is 9.49. The van der Waals surface area contributed by atoms with Crippen molar-refractivity contribution in [3.8, 4) is 0 Å². The zero-order valence-electron chi connectivity index (χ0n) is 7.25. The second-order valence-electron chi connectivity index (χ2n) is 2.50. The predicted octanol–water partition coefficient (Wildman–Crippen LogP) is 2.53. The monoisotopic (exact) mass is 185 g/mol. The highest BCUT2D eigenvalue weighted by molar-refractivity contribution is 6.22. The van der Waals surface area contributed by atoms with Crippen molar-refractivity contribution >= 4 is 11.6 Å². The highest BCUT2D eigenvalue weighted by Gasteiger charge is 2.27. The SMILES string of the molecule is CCC(Cl)(OC)c1ccccn1. The topological polar surface area (TPSA) is 22.1 Å². The van der Waals surface area contributed by atoms with Gasteiger partial charge in [-0.1, -0.05) is 24.6 Å². The summed E-state index contributed by atoms with van der Waals surface area (Å²) in [7, 11) is 1.59. The van der Waals surface area contributed by atoms with Gasteiger partial charge >= 0.3 is 0 Å². The maximum absolute atomic E-state index is 6.15. The van der Waals surface area contributed by atoms with E-state index in [0.717, 1.165) is 5.69 Å². The van der Waals surface area contributed by atoms with E-state index >= 15 is 0 Å². The number of aromatic nitrogens is 1. The van der Waals surface area contributed by atoms with E-state index in [4.69, 9.17) is 16.3 Å². The molecule has 0 bridgehead atoms. The Morgan fingerprint density at radius 1 is 1.58 bits per heavy atom. The molecule has 0 aliphatic heterocycles. The molecule has 0 N–H and O–H groups in total. The molecule has 0 aliphatic carbocycles. The molecule has 1 atom stereocenters. The molecule has 12 heavy (non-hydrogen) atoms. The molecule has 1 rings (SSSR count). The van der Waals surface area contributed by atoms with Crippen molar-refractivity contribution < 1.29 is 4.74 Å². The van der Waals surface area contributed by atoms with Gasteiger partial charge in [-0.3, -0.25) is 4.98 Å². The van der Waals surface area contributed by atoms with E-state index in [9.17, 15) is 0 Å². The van der Waals surface area contributed by atoms with E-state index in [1.165, 1.54) is 0 Å². The van der Waals surface area contributed by atoms with Crippen LogP contribution in [-0.4, -0.2) is 12.1 Å². The van der Waals surface area contributed by atoms with Gasteiger partial charge in [-0.2, -0.15) is 0 Å². The summed E-state index contributed by atoms with van der Waals surface area (Å²) in [4.78, 5) is 4.14. The molecule has 0 aromatic carbocycles. The average molecular weight is 186 g/mol. The summed E-state index contributed by atoms with van der Waals surface area (Å²) in [6.07, 6.45) is 2.41. The van der Waals surface area contributed by atoms with E-state index < -0.39 is 5.06 Å². The second kappa shape index (κ2) is 3.87. The number of pyridine rings is 1. The van der Waals surface area contributed by atoms with Crippen molar-refractivity contribution in [2.45, 2.75) is 18.4 Å². The maximum Gasteiger partial charge on any atom is 0.183 e. The standard InChI is InChI=1S/C9H12ClNO/c1-3-9(10,12-2)8-6-4-5-7-11-8/h4-7H,3H2,1-2H3. The third-order valence-electron chi connectivity index (χ3n) is 1.83. The number of halogens is 1. The van der Waals surface area contributed by atoms with Crippen molar-refractivity contribution in [2.75, 3.05) is 7.11 Å². The molecule has 1 aromatic rings. The Bertz CT molecular complexity index is 234. The van der Waals surface area contributed by atoms with Gasteiger partial charge in [-0.05, 0) is 18.6 Å². The van der Waals surface area contributed by atoms with Crippen molar-refractivity contribution in [3.63, 3.8) is 0 Å². The number of alkyl halides is 1. The van der Waals surface area contributed by atoms with Crippen LogP contribution in [0, 0.1) is 0 Å². The van der Waals surface area contributed by atoms with Crippen molar-refractivity contribution in [2.24, 2.45) is 0 Å². The van der Waals surface area contributed by atoms with Crippen LogP contribution in [0.2, 0.25) is 0 Å². The van der Waals surface area contributed by atoms with Gasteiger partial charge in [-0.15, -0.1) is 0 Å². The number of hydrogen-bond acceptors (Lipinski definition) is 2. The van der Waals surface area contributed by atoms with Crippen LogP contribution in [0.5, 0.6) is 0 Å². The molecule has 1 aromatic heterocycles. The van der Waals surface area contributed by atoms with Gasteiger partial charge in [0.25, 0.3) is 0 Å². The van der Waals surface area contributed by atoms with Gasteiger partial charge in [-0.25, -0.2) is 0 Å². The molecule has 0 saturated carbocycles. The number of nitrogens with zero attached hydrogens (tertiary/aromatic N) is 1. The van der Waals surface area contributed by atoms with E-state index in [1.54, 1.807) is 13.3 Å². The minimum atomic E-state index is -0.763. The molecule has 0 radical (unpaired) electrons. The summed E-state index contributed by atoms with van der Waals surface area (Å²) in [6, 6.07) is 5.61. The van der Waals surface area contributed by atoms with Crippen LogP contribution < -0.4 is 0 Å². The summed E-state index contributed by atoms with van der Waals surface area (Å²) in [5.74, 6) is 0. The van der Waals surface area contributed by atoms with Gasteiger partial charge in [0.05, 0.1) is 5.69 Å². The molecular formula is C9H12ClNO. The molecule has 0 aliphatic rings. The number of rotatable bonds is 3. The number of ether oxygens (including phenoxy) is 1. The third-order valence-corrected chi connectivity index (χ3v) is 2.44. The summed E-state index contributed by atoms with van der Waals surface area (Å²) in [5.41, 5.74) is 0.761. The predicted molar refractivity (Wildman–Crippen MR) is 49.1 cm³/mol. The summed E-state index contributed by atoms with van der Waals surface area (Å²) < 4.78 is 5.18. The van der Waals surface area contributed by atoms with Gasteiger partial charge < -0.3 is 4.74 Å². The van der Waals surface area contributed by atoms with Crippen LogP contribution in [0.4, 0.5) is 0 Å². The molecule has 1 unspecified atom stereocenters. The largest absolute Gasteiger partial charge is 0.357 e. The third kappa shape index (κ3) is 1.76. The van der Waals surface area contributed by atoms with Crippen LogP contribution in [0.15, 0.2) is 24.4 Å². The smallest absolute Gasteiger partial charge is 0.183 e. The van der Waals surface area contributed by atoms with Gasteiger partial charge in [0, 0.05) is 13.3 Å². The van der Waals surface area contributed by atoms with E-state index in [2.05, 4.69) is 4.98 Å². The molecule has 1 heterocycles. The highest BCUT2D eigenvalue weighted by atomic mass is 35.5. The van der Waals surface area contributed by atoms with Crippen LogP contribution >= 0.6 is 11.6 Å². The van der Waals surface area contributed by atoms with E-state index in [1.807, 2.05) is 25.1 Å². The molecule has 3 heteroatoms. The lowest BCUT2D eigenvalue weighted by Crippen LogP contribution is -2.21. The minimum Gasteiger partial charge on any atom is -0.357 e. The van der Waals surface area contributed by atoms with E-state index in [-0.39, 0.29) is 0 Å². The summed E-state index contributed by atoms with van der Waals surface area (Å²) >= 11 is 6.15. The van der Waals surface area contributed by atoms with Gasteiger partial charge in [0.2, 0.25) is 0 Å². The molecular weight excluding hydrogens is 174 g/mol. The van der Waals surface area contributed by atoms with Crippen molar-refractivity contribution in [1.29, 1.82) is 0 Å². The summed E-state index contributed by atoms with van der Waals surface area (Å²) in [6.45, 7) is 1.96. The first-order chi connectivity index (χ1) is 5.73. The highest BCUT2D eigenvalue weighted by Crippen LogP contribution is 2.31. The Morgan fingerprint density at radius 3 is 2.75 bits per heavy atom. The molecule has 0 saturated heterocycles. The van der Waals surface area contributed by atoms with Crippen LogP contribution in [-0.2, 0) is 9.80 Å². The molecule has 66 valence electrons. The lowest BCUT2D eigenvalue weighted by molar-refractivity contribution is 0.0547. The van der Waals surface area contributed by atoms with Crippen molar-refractivity contribution in [3.05, 3.63) is 30.1 Å². The minimum absolute atomic E-state index is 0.696.